The van der Waals surface area contributed by atoms with Gasteiger partial charge in [-0.3, -0.25) is 9.59 Å². The first-order chi connectivity index (χ1) is 11.6. The number of carboxylic acids is 1. The monoisotopic (exact) mass is 335 g/mol. The van der Waals surface area contributed by atoms with Gasteiger partial charge in [0.05, 0.1) is 12.0 Å². The zero-order valence-corrected chi connectivity index (χ0v) is 13.3. The summed E-state index contributed by atoms with van der Waals surface area (Å²) in [5, 5.41) is 12.1. The Morgan fingerprint density at radius 3 is 2.88 bits per heavy atom. The van der Waals surface area contributed by atoms with Crippen LogP contribution in [-0.2, 0) is 20.7 Å². The van der Waals surface area contributed by atoms with Gasteiger partial charge < -0.3 is 24.6 Å². The van der Waals surface area contributed by atoms with Crippen LogP contribution in [0.5, 0.6) is 11.5 Å². The predicted molar refractivity (Wildman–Crippen MR) is 84.0 cm³/mol. The van der Waals surface area contributed by atoms with E-state index in [0.29, 0.717) is 31.7 Å². The summed E-state index contributed by atoms with van der Waals surface area (Å²) in [6, 6.07) is 5.66. The van der Waals surface area contributed by atoms with E-state index in [4.69, 9.17) is 14.2 Å². The normalized spacial score (nSPS) is 19.9. The van der Waals surface area contributed by atoms with Crippen LogP contribution in [0.1, 0.15) is 24.8 Å². The van der Waals surface area contributed by atoms with Gasteiger partial charge in [-0.05, 0) is 37.0 Å². The fourth-order valence-electron chi connectivity index (χ4n) is 3.01. The van der Waals surface area contributed by atoms with E-state index < -0.39 is 11.9 Å². The molecule has 7 heteroatoms. The topological polar surface area (TPSA) is 94.1 Å². The molecule has 130 valence electrons. The van der Waals surface area contributed by atoms with Crippen LogP contribution in [-0.4, -0.2) is 43.0 Å². The highest BCUT2D eigenvalue weighted by Crippen LogP contribution is 2.32. The molecule has 1 amide bonds. The minimum absolute atomic E-state index is 0.0544. The lowest BCUT2D eigenvalue weighted by molar-refractivity contribution is -0.148. The lowest BCUT2D eigenvalue weighted by Gasteiger charge is -2.18. The molecule has 2 aliphatic heterocycles. The third-order valence-electron chi connectivity index (χ3n) is 4.31. The second kappa shape index (κ2) is 7.53. The zero-order valence-electron chi connectivity index (χ0n) is 13.3. The average molecular weight is 335 g/mol. The maximum Gasteiger partial charge on any atom is 0.309 e. The number of hydrogen-bond donors (Lipinski definition) is 2. The molecule has 2 heterocycles. The summed E-state index contributed by atoms with van der Waals surface area (Å²) < 4.78 is 16.0. The summed E-state index contributed by atoms with van der Waals surface area (Å²) >= 11 is 0. The van der Waals surface area contributed by atoms with Crippen LogP contribution < -0.4 is 14.8 Å². The van der Waals surface area contributed by atoms with E-state index in [9.17, 15) is 14.7 Å². The molecule has 2 N–H and O–H groups in total. The molecule has 0 aliphatic carbocycles. The molecule has 1 aromatic rings. The second-order valence-corrected chi connectivity index (χ2v) is 5.99. The molecule has 0 saturated carbocycles. The molecular weight excluding hydrogens is 314 g/mol. The molecule has 24 heavy (non-hydrogen) atoms. The van der Waals surface area contributed by atoms with Crippen LogP contribution in [0.15, 0.2) is 18.2 Å². The maximum absolute atomic E-state index is 12.0. The number of carboxylic acid groups (broad SMARTS) is 1. The number of ether oxygens (including phenoxy) is 3. The summed E-state index contributed by atoms with van der Waals surface area (Å²) in [7, 11) is 0. The smallest absolute Gasteiger partial charge is 0.309 e. The lowest BCUT2D eigenvalue weighted by atomic mass is 9.96. The Balaban J connectivity index is 1.45. The molecule has 2 aliphatic rings. The van der Waals surface area contributed by atoms with Gasteiger partial charge in [-0.2, -0.15) is 0 Å². The fourth-order valence-corrected chi connectivity index (χ4v) is 3.01. The largest absolute Gasteiger partial charge is 0.481 e. The van der Waals surface area contributed by atoms with Crippen molar-refractivity contribution < 1.29 is 28.9 Å². The quantitative estimate of drug-likeness (QED) is 0.781. The van der Waals surface area contributed by atoms with Gasteiger partial charge in [-0.1, -0.05) is 6.07 Å². The molecule has 2 atom stereocenters. The second-order valence-electron chi connectivity index (χ2n) is 5.99. The van der Waals surface area contributed by atoms with Crippen LogP contribution in [0, 0.1) is 5.92 Å². The van der Waals surface area contributed by atoms with Gasteiger partial charge in [0.2, 0.25) is 12.7 Å². The van der Waals surface area contributed by atoms with Gasteiger partial charge in [0.1, 0.15) is 0 Å². The van der Waals surface area contributed by atoms with E-state index in [0.717, 1.165) is 17.7 Å². The van der Waals surface area contributed by atoms with Crippen molar-refractivity contribution in [2.45, 2.75) is 31.8 Å². The minimum atomic E-state index is -0.979. The predicted octanol–water partition coefficient (Wildman–Crippen LogP) is 1.34. The van der Waals surface area contributed by atoms with Crippen LogP contribution >= 0.6 is 0 Å². The van der Waals surface area contributed by atoms with E-state index in [1.165, 1.54) is 0 Å². The Labute approximate surface area is 139 Å². The Bertz CT molecular complexity index is 611. The molecule has 0 spiro atoms. The van der Waals surface area contributed by atoms with Crippen LogP contribution in [0.2, 0.25) is 0 Å². The zero-order chi connectivity index (χ0) is 16.9. The highest BCUT2D eigenvalue weighted by molar-refractivity contribution is 5.82. The van der Waals surface area contributed by atoms with E-state index in [1.807, 2.05) is 18.2 Å². The van der Waals surface area contributed by atoms with Gasteiger partial charge in [0.15, 0.2) is 11.5 Å². The highest BCUT2D eigenvalue weighted by atomic mass is 16.7. The van der Waals surface area contributed by atoms with E-state index >= 15 is 0 Å². The molecule has 0 unspecified atom stereocenters. The van der Waals surface area contributed by atoms with Crippen molar-refractivity contribution >= 4 is 11.9 Å². The number of carbonyl (C=O) groups excluding carboxylic acids is 1. The first-order valence-corrected chi connectivity index (χ1v) is 8.13. The van der Waals surface area contributed by atoms with Crippen molar-refractivity contribution in [1.29, 1.82) is 0 Å². The minimum Gasteiger partial charge on any atom is -0.481 e. The van der Waals surface area contributed by atoms with Gasteiger partial charge in [0.25, 0.3) is 0 Å². The number of rotatable bonds is 7. The maximum atomic E-state index is 12.0. The number of hydrogen-bond acceptors (Lipinski definition) is 5. The van der Waals surface area contributed by atoms with Gasteiger partial charge in [0, 0.05) is 19.6 Å². The van der Waals surface area contributed by atoms with Crippen LogP contribution in [0.25, 0.3) is 0 Å². The number of benzene rings is 1. The van der Waals surface area contributed by atoms with Gasteiger partial charge in [-0.15, -0.1) is 0 Å². The molecular formula is C17H21NO6. The van der Waals surface area contributed by atoms with Crippen molar-refractivity contribution in [2.24, 2.45) is 5.92 Å². The first kappa shape index (κ1) is 16.6. The summed E-state index contributed by atoms with van der Waals surface area (Å²) in [5.41, 5.74) is 1.02. The number of carbonyl (C=O) groups is 2. The molecule has 1 fully saturated rings. The molecule has 1 aromatic carbocycles. The number of amides is 1. The van der Waals surface area contributed by atoms with E-state index in [-0.39, 0.29) is 25.2 Å². The number of aliphatic carboxylic acids is 1. The third-order valence-corrected chi connectivity index (χ3v) is 4.31. The van der Waals surface area contributed by atoms with Crippen molar-refractivity contribution in [3.63, 3.8) is 0 Å². The average Bonchev–Trinajstić information content (AvgIpc) is 3.23. The first-order valence-electron chi connectivity index (χ1n) is 8.13. The summed E-state index contributed by atoms with van der Waals surface area (Å²) in [5.74, 6) is -0.587. The number of nitrogens with one attached hydrogen (secondary N) is 1. The van der Waals surface area contributed by atoms with Crippen LogP contribution in [0.3, 0.4) is 0 Å². The molecule has 7 nitrogen and oxygen atoms in total. The standard InChI is InChI=1S/C17H21NO6/c19-16(9-12(17(20)21)13-2-1-7-22-13)18-6-5-11-3-4-14-15(8-11)24-10-23-14/h3-4,8,12-13H,1-2,5-7,9-10H2,(H,18,19)(H,20,21)/t12-,13+/m1/s1. The lowest BCUT2D eigenvalue weighted by Crippen LogP contribution is -2.35. The molecule has 0 aromatic heterocycles. The van der Waals surface area contributed by atoms with E-state index in [2.05, 4.69) is 5.32 Å². The highest BCUT2D eigenvalue weighted by Gasteiger charge is 2.33. The summed E-state index contributed by atoms with van der Waals surface area (Å²) in [4.78, 5) is 23.4. The Morgan fingerprint density at radius 1 is 1.29 bits per heavy atom. The summed E-state index contributed by atoms with van der Waals surface area (Å²) in [6.07, 6.45) is 1.77. The van der Waals surface area contributed by atoms with Crippen molar-refractivity contribution in [1.82, 2.24) is 5.32 Å². The Morgan fingerprint density at radius 2 is 2.12 bits per heavy atom. The fraction of sp³-hybridized carbons (Fsp3) is 0.529. The van der Waals surface area contributed by atoms with Crippen LogP contribution in [0.4, 0.5) is 0 Å². The Kier molecular flexibility index (Phi) is 5.20. The molecule has 0 bridgehead atoms. The Hall–Kier alpha value is -2.28. The molecule has 1 saturated heterocycles. The number of fused-ring (bicyclic) bond motifs is 1. The van der Waals surface area contributed by atoms with Gasteiger partial charge in [-0.25, -0.2) is 0 Å². The molecule has 0 radical (unpaired) electrons. The summed E-state index contributed by atoms with van der Waals surface area (Å²) in [6.45, 7) is 1.24. The third kappa shape index (κ3) is 3.97. The van der Waals surface area contributed by atoms with Crippen molar-refractivity contribution in [3.8, 4) is 11.5 Å². The van der Waals surface area contributed by atoms with E-state index in [1.54, 1.807) is 0 Å². The van der Waals surface area contributed by atoms with Crippen molar-refractivity contribution in [3.05, 3.63) is 23.8 Å². The SMILES string of the molecule is O=C(C[C@@H](C(=O)O)[C@@H]1CCCO1)NCCc1ccc2c(c1)OCO2. The molecule has 3 rings (SSSR count). The van der Waals surface area contributed by atoms with Crippen molar-refractivity contribution in [2.75, 3.05) is 19.9 Å². The van der Waals surface area contributed by atoms with Gasteiger partial charge >= 0.3 is 5.97 Å².